The van der Waals surface area contributed by atoms with Crippen molar-refractivity contribution >= 4 is 10.0 Å². The third-order valence-corrected chi connectivity index (χ3v) is 7.56. The first-order chi connectivity index (χ1) is 11.0. The Balaban J connectivity index is 1.72. The molecular formula is C18H23NO3S. The molecule has 1 aromatic rings. The molecular weight excluding hydrogens is 310 g/mol. The Kier molecular flexibility index (Phi) is 3.63. The van der Waals surface area contributed by atoms with Gasteiger partial charge in [-0.3, -0.25) is 0 Å². The van der Waals surface area contributed by atoms with Gasteiger partial charge in [0, 0.05) is 12.6 Å². The van der Waals surface area contributed by atoms with E-state index in [2.05, 4.69) is 0 Å². The fourth-order valence-electron chi connectivity index (χ4n) is 4.51. The second-order valence-electron chi connectivity index (χ2n) is 7.08. The standard InChI is InChI=1S/C18H23NO3S/c1-12-5-8-14(9-6-12)23(21,22)19-11-15-17(20)10-7-13-3-2-4-16(19)18(13)15/h5-6,8-9,13,16-17,20H,2-4,7,10-11H2,1H3. The summed E-state index contributed by atoms with van der Waals surface area (Å²) in [5, 5.41) is 10.3. The minimum Gasteiger partial charge on any atom is -0.389 e. The quantitative estimate of drug-likeness (QED) is 0.847. The van der Waals surface area contributed by atoms with E-state index in [1.54, 1.807) is 16.4 Å². The average Bonchev–Trinajstić information content (AvgIpc) is 2.94. The maximum Gasteiger partial charge on any atom is 0.243 e. The van der Waals surface area contributed by atoms with Gasteiger partial charge in [-0.2, -0.15) is 4.31 Å². The van der Waals surface area contributed by atoms with Crippen LogP contribution in [0.4, 0.5) is 0 Å². The molecule has 0 saturated heterocycles. The summed E-state index contributed by atoms with van der Waals surface area (Å²) in [6.07, 6.45) is 4.40. The number of hydrogen-bond acceptors (Lipinski definition) is 3. The largest absolute Gasteiger partial charge is 0.389 e. The third-order valence-electron chi connectivity index (χ3n) is 5.69. The highest BCUT2D eigenvalue weighted by molar-refractivity contribution is 7.89. The van der Waals surface area contributed by atoms with Gasteiger partial charge >= 0.3 is 0 Å². The molecule has 3 unspecified atom stereocenters. The normalized spacial score (nSPS) is 31.3. The van der Waals surface area contributed by atoms with E-state index in [9.17, 15) is 13.5 Å². The van der Waals surface area contributed by atoms with Gasteiger partial charge in [-0.05, 0) is 61.8 Å². The average molecular weight is 333 g/mol. The van der Waals surface area contributed by atoms with Crippen LogP contribution in [-0.4, -0.2) is 36.5 Å². The van der Waals surface area contributed by atoms with Crippen molar-refractivity contribution in [2.75, 3.05) is 6.54 Å². The van der Waals surface area contributed by atoms with E-state index in [0.717, 1.165) is 43.2 Å². The van der Waals surface area contributed by atoms with Gasteiger partial charge in [-0.15, -0.1) is 0 Å². The first-order valence-electron chi connectivity index (χ1n) is 8.48. The van der Waals surface area contributed by atoms with E-state index < -0.39 is 16.1 Å². The molecule has 0 bridgehead atoms. The lowest BCUT2D eigenvalue weighted by Crippen LogP contribution is -2.40. The highest BCUT2D eigenvalue weighted by Crippen LogP contribution is 2.47. The van der Waals surface area contributed by atoms with Crippen LogP contribution in [0.5, 0.6) is 0 Å². The summed E-state index contributed by atoms with van der Waals surface area (Å²) in [4.78, 5) is 0.361. The molecule has 124 valence electrons. The van der Waals surface area contributed by atoms with Crippen molar-refractivity contribution in [2.24, 2.45) is 5.92 Å². The van der Waals surface area contributed by atoms with E-state index in [1.165, 1.54) is 5.57 Å². The second-order valence-corrected chi connectivity index (χ2v) is 8.97. The molecule has 2 aliphatic carbocycles. The first-order valence-corrected chi connectivity index (χ1v) is 9.92. The molecule has 3 aliphatic rings. The predicted molar refractivity (Wildman–Crippen MR) is 88.5 cm³/mol. The van der Waals surface area contributed by atoms with Crippen LogP contribution in [0.15, 0.2) is 40.3 Å². The number of aliphatic hydroxyl groups is 1. The summed E-state index contributed by atoms with van der Waals surface area (Å²) in [6, 6.07) is 7.03. The Hall–Kier alpha value is -1.17. The Morgan fingerprint density at radius 3 is 2.57 bits per heavy atom. The van der Waals surface area contributed by atoms with Gasteiger partial charge in [0.1, 0.15) is 0 Å². The first kappa shape index (κ1) is 15.4. The summed E-state index contributed by atoms with van der Waals surface area (Å²) in [5.74, 6) is 0.477. The van der Waals surface area contributed by atoms with E-state index in [0.29, 0.717) is 17.4 Å². The lowest BCUT2D eigenvalue weighted by molar-refractivity contribution is 0.173. The highest BCUT2D eigenvalue weighted by atomic mass is 32.2. The van der Waals surface area contributed by atoms with Crippen molar-refractivity contribution in [3.63, 3.8) is 0 Å². The Morgan fingerprint density at radius 2 is 1.83 bits per heavy atom. The Morgan fingerprint density at radius 1 is 1.09 bits per heavy atom. The molecule has 0 amide bonds. The molecule has 3 atom stereocenters. The van der Waals surface area contributed by atoms with Crippen LogP contribution in [0.3, 0.4) is 0 Å². The van der Waals surface area contributed by atoms with E-state index >= 15 is 0 Å². The maximum absolute atomic E-state index is 13.1. The van der Waals surface area contributed by atoms with Crippen LogP contribution in [0.2, 0.25) is 0 Å². The number of nitrogens with zero attached hydrogens (tertiary/aromatic N) is 1. The summed E-state index contributed by atoms with van der Waals surface area (Å²) >= 11 is 0. The van der Waals surface area contributed by atoms with Gasteiger partial charge in [0.15, 0.2) is 0 Å². The molecule has 1 aliphatic heterocycles. The molecule has 1 fully saturated rings. The van der Waals surface area contributed by atoms with Crippen molar-refractivity contribution < 1.29 is 13.5 Å². The second kappa shape index (κ2) is 5.43. The zero-order chi connectivity index (χ0) is 16.2. The predicted octanol–water partition coefficient (Wildman–Crippen LogP) is 2.62. The summed E-state index contributed by atoms with van der Waals surface area (Å²) in [6.45, 7) is 2.32. The van der Waals surface area contributed by atoms with E-state index in [-0.39, 0.29) is 6.04 Å². The van der Waals surface area contributed by atoms with Gasteiger partial charge in [0.05, 0.1) is 11.0 Å². The SMILES string of the molecule is Cc1ccc(S(=O)(=O)N2CC3=C4C(CCCC42)CCC3O)cc1. The van der Waals surface area contributed by atoms with Crippen molar-refractivity contribution in [3.05, 3.63) is 41.0 Å². The Labute approximate surface area is 137 Å². The van der Waals surface area contributed by atoms with Gasteiger partial charge in [-0.25, -0.2) is 8.42 Å². The van der Waals surface area contributed by atoms with E-state index in [1.807, 2.05) is 19.1 Å². The van der Waals surface area contributed by atoms with Crippen LogP contribution in [0, 0.1) is 12.8 Å². The van der Waals surface area contributed by atoms with Gasteiger partial charge in [-0.1, -0.05) is 24.1 Å². The van der Waals surface area contributed by atoms with Crippen molar-refractivity contribution in [1.29, 1.82) is 0 Å². The van der Waals surface area contributed by atoms with Crippen molar-refractivity contribution in [3.8, 4) is 0 Å². The molecule has 23 heavy (non-hydrogen) atoms. The summed E-state index contributed by atoms with van der Waals surface area (Å²) in [7, 11) is -3.51. The number of hydrogen-bond donors (Lipinski definition) is 1. The van der Waals surface area contributed by atoms with Crippen molar-refractivity contribution in [1.82, 2.24) is 4.31 Å². The van der Waals surface area contributed by atoms with Crippen LogP contribution in [0.25, 0.3) is 0 Å². The summed E-state index contributed by atoms with van der Waals surface area (Å²) < 4.78 is 27.9. The van der Waals surface area contributed by atoms with Crippen molar-refractivity contribution in [2.45, 2.75) is 56.1 Å². The van der Waals surface area contributed by atoms with Gasteiger partial charge < -0.3 is 5.11 Å². The zero-order valence-corrected chi connectivity index (χ0v) is 14.2. The molecule has 5 heteroatoms. The maximum atomic E-state index is 13.1. The van der Waals surface area contributed by atoms with Crippen LogP contribution in [0.1, 0.15) is 37.7 Å². The lowest BCUT2D eigenvalue weighted by atomic mass is 9.73. The summed E-state index contributed by atoms with van der Waals surface area (Å²) in [5.41, 5.74) is 3.28. The third kappa shape index (κ3) is 2.37. The number of benzene rings is 1. The molecule has 1 saturated carbocycles. The van der Waals surface area contributed by atoms with E-state index in [4.69, 9.17) is 0 Å². The number of aliphatic hydroxyl groups excluding tert-OH is 1. The molecule has 1 aromatic carbocycles. The molecule has 4 nitrogen and oxygen atoms in total. The van der Waals surface area contributed by atoms with Gasteiger partial charge in [0.25, 0.3) is 0 Å². The highest BCUT2D eigenvalue weighted by Gasteiger charge is 2.47. The molecule has 0 radical (unpaired) electrons. The van der Waals surface area contributed by atoms with Gasteiger partial charge in [0.2, 0.25) is 10.0 Å². The molecule has 0 spiro atoms. The smallest absolute Gasteiger partial charge is 0.243 e. The molecule has 0 aromatic heterocycles. The van der Waals surface area contributed by atoms with Crippen LogP contribution in [-0.2, 0) is 10.0 Å². The van der Waals surface area contributed by atoms with Crippen LogP contribution < -0.4 is 0 Å². The monoisotopic (exact) mass is 333 g/mol. The minimum absolute atomic E-state index is 0.0370. The fraction of sp³-hybridized carbons (Fsp3) is 0.556. The fourth-order valence-corrected chi connectivity index (χ4v) is 6.13. The number of sulfonamides is 1. The Bertz CT molecular complexity index is 751. The van der Waals surface area contributed by atoms with Crippen LogP contribution >= 0.6 is 0 Å². The topological polar surface area (TPSA) is 57.6 Å². The number of rotatable bonds is 2. The zero-order valence-electron chi connectivity index (χ0n) is 13.4. The minimum atomic E-state index is -3.51. The lowest BCUT2D eigenvalue weighted by Gasteiger charge is -2.36. The molecule has 4 rings (SSSR count). The number of aryl methyl sites for hydroxylation is 1. The molecule has 1 heterocycles. The molecule has 1 N–H and O–H groups in total.